The molecule has 6 rings (SSSR count). The van der Waals surface area contributed by atoms with E-state index >= 15 is 0 Å². The highest BCUT2D eigenvalue weighted by molar-refractivity contribution is 6.14. The zero-order valence-electron chi connectivity index (χ0n) is 19.5. The molecule has 2 aliphatic rings. The van der Waals surface area contributed by atoms with Crippen LogP contribution < -0.4 is 0 Å². The van der Waals surface area contributed by atoms with Gasteiger partial charge in [0.25, 0.3) is 0 Å². The number of hydrogen-bond donors (Lipinski definition) is 0. The maximum absolute atomic E-state index is 13.6. The summed E-state index contributed by atoms with van der Waals surface area (Å²) in [5.41, 5.74) is 1.20. The molecule has 5 heteroatoms. The fraction of sp³-hybridized carbons (Fsp3) is 0.129. The van der Waals surface area contributed by atoms with Gasteiger partial charge in [-0.15, -0.1) is 0 Å². The minimum atomic E-state index is -1.50. The van der Waals surface area contributed by atoms with Crippen molar-refractivity contribution in [3.05, 3.63) is 131 Å². The van der Waals surface area contributed by atoms with Crippen molar-refractivity contribution >= 4 is 28.6 Å². The average molecular weight is 474 g/mol. The minimum Gasteiger partial charge on any atom is -0.457 e. The normalized spacial score (nSPS) is 20.8. The largest absolute Gasteiger partial charge is 0.457 e. The van der Waals surface area contributed by atoms with Gasteiger partial charge in [-0.25, -0.2) is 14.6 Å². The molecule has 1 spiro atoms. The molecule has 0 saturated carbocycles. The van der Waals surface area contributed by atoms with Crippen molar-refractivity contribution in [3.8, 4) is 0 Å². The Kier molecular flexibility index (Phi) is 5.45. The topological polar surface area (TPSA) is 65.0 Å². The fourth-order valence-corrected chi connectivity index (χ4v) is 5.08. The second-order valence-electron chi connectivity index (χ2n) is 9.01. The quantitative estimate of drug-likeness (QED) is 0.347. The van der Waals surface area contributed by atoms with E-state index in [0.717, 1.165) is 21.9 Å². The molecule has 1 heterocycles. The Bertz CT molecular complexity index is 1520. The molecule has 1 aliphatic heterocycles. The van der Waals surface area contributed by atoms with Crippen molar-refractivity contribution < 1.29 is 19.1 Å². The summed E-state index contributed by atoms with van der Waals surface area (Å²) in [6.07, 6.45) is 2.25. The maximum Gasteiger partial charge on any atom is 0.346 e. The summed E-state index contributed by atoms with van der Waals surface area (Å²) >= 11 is 0. The third kappa shape index (κ3) is 3.69. The highest BCUT2D eigenvalue weighted by Crippen LogP contribution is 2.50. The van der Waals surface area contributed by atoms with Gasteiger partial charge in [0.2, 0.25) is 11.4 Å². The number of fused-ring (bicyclic) bond motifs is 1. The van der Waals surface area contributed by atoms with Crippen LogP contribution in [0.2, 0.25) is 0 Å². The van der Waals surface area contributed by atoms with Gasteiger partial charge in [-0.3, -0.25) is 0 Å². The molecule has 4 aromatic rings. The number of allylic oxidation sites excluding steroid dienone is 1. The number of nitrogens with zero attached hydrogens (tertiary/aromatic N) is 1. The Morgan fingerprint density at radius 3 is 2.36 bits per heavy atom. The number of aliphatic imine (C=N–C) groups is 1. The predicted octanol–water partition coefficient (Wildman–Crippen LogP) is 5.74. The molecule has 5 nitrogen and oxygen atoms in total. The van der Waals surface area contributed by atoms with Gasteiger partial charge in [-0.2, -0.15) is 0 Å². The number of benzene rings is 4. The number of hydrogen-bond acceptors (Lipinski definition) is 5. The molecule has 4 aromatic carbocycles. The molecule has 2 atom stereocenters. The van der Waals surface area contributed by atoms with E-state index in [1.165, 1.54) is 0 Å². The molecule has 0 aromatic heterocycles. The van der Waals surface area contributed by atoms with Crippen molar-refractivity contribution in [2.45, 2.75) is 24.5 Å². The van der Waals surface area contributed by atoms with Crippen LogP contribution >= 0.6 is 0 Å². The Labute approximate surface area is 208 Å². The van der Waals surface area contributed by atoms with Gasteiger partial charge in [0.05, 0.1) is 5.57 Å². The molecule has 36 heavy (non-hydrogen) atoms. The molecular formula is C31H23NO4. The van der Waals surface area contributed by atoms with E-state index in [9.17, 15) is 9.59 Å². The van der Waals surface area contributed by atoms with Gasteiger partial charge < -0.3 is 9.47 Å². The van der Waals surface area contributed by atoms with Crippen LogP contribution in [0.4, 0.5) is 0 Å². The zero-order valence-corrected chi connectivity index (χ0v) is 19.5. The first-order valence-electron chi connectivity index (χ1n) is 11.9. The molecule has 1 aliphatic carbocycles. The van der Waals surface area contributed by atoms with Crippen LogP contribution in [-0.4, -0.2) is 23.4 Å². The van der Waals surface area contributed by atoms with E-state index in [1.54, 1.807) is 6.08 Å². The van der Waals surface area contributed by atoms with Crippen molar-refractivity contribution in [3.63, 3.8) is 0 Å². The first-order chi connectivity index (χ1) is 17.6. The van der Waals surface area contributed by atoms with Crippen LogP contribution in [0.15, 0.2) is 120 Å². The molecule has 0 N–H and O–H groups in total. The monoisotopic (exact) mass is 473 g/mol. The summed E-state index contributed by atoms with van der Waals surface area (Å²) in [6, 6.07) is 32.9. The van der Waals surface area contributed by atoms with E-state index < -0.39 is 23.4 Å². The average Bonchev–Trinajstić information content (AvgIpc) is 3.49. The first kappa shape index (κ1) is 22.0. The standard InChI is InChI=1S/C31H23NO4/c33-29(35-20-21-9-3-1-4-10-21)27-18-17-26(25-16-15-22-11-7-8-14-24(22)19-25)31(27)30(34)36-28(32-31)23-12-5-2-6-13-23/h1-16,18-19,26H,17,20H2/t26-,31+/m0/s1. The molecule has 0 bridgehead atoms. The van der Waals surface area contributed by atoms with Gasteiger partial charge in [0, 0.05) is 11.5 Å². The van der Waals surface area contributed by atoms with Gasteiger partial charge in [0.15, 0.2) is 0 Å². The highest BCUT2D eigenvalue weighted by Gasteiger charge is 2.60. The maximum atomic E-state index is 13.6. The predicted molar refractivity (Wildman–Crippen MR) is 137 cm³/mol. The third-order valence-corrected chi connectivity index (χ3v) is 6.88. The second-order valence-corrected chi connectivity index (χ2v) is 9.01. The van der Waals surface area contributed by atoms with Crippen molar-refractivity contribution in [2.24, 2.45) is 4.99 Å². The van der Waals surface area contributed by atoms with E-state index in [4.69, 9.17) is 14.5 Å². The molecule has 0 fully saturated rings. The number of esters is 2. The molecule has 0 radical (unpaired) electrons. The lowest BCUT2D eigenvalue weighted by Crippen LogP contribution is -2.42. The lowest BCUT2D eigenvalue weighted by Gasteiger charge is -2.27. The Balaban J connectivity index is 1.41. The smallest absolute Gasteiger partial charge is 0.346 e. The first-order valence-corrected chi connectivity index (χ1v) is 11.9. The summed E-state index contributed by atoms with van der Waals surface area (Å²) in [5.74, 6) is -1.29. The van der Waals surface area contributed by atoms with Crippen LogP contribution in [0.25, 0.3) is 10.8 Å². The fourth-order valence-electron chi connectivity index (χ4n) is 5.08. The van der Waals surface area contributed by atoms with Crippen LogP contribution in [0.1, 0.15) is 29.0 Å². The van der Waals surface area contributed by atoms with Crippen molar-refractivity contribution in [1.29, 1.82) is 0 Å². The van der Waals surface area contributed by atoms with E-state index in [2.05, 4.69) is 6.07 Å². The van der Waals surface area contributed by atoms with Crippen LogP contribution in [-0.2, 0) is 25.7 Å². The molecule has 0 saturated heterocycles. The lowest BCUT2D eigenvalue weighted by atomic mass is 9.78. The SMILES string of the molecule is O=C(OCc1ccccc1)C1=CC[C@@H](c2ccc3ccccc3c2)[C@@]12N=C(c1ccccc1)OC2=O. The Hall–Kier alpha value is -4.51. The lowest BCUT2D eigenvalue weighted by molar-refractivity contribution is -0.145. The van der Waals surface area contributed by atoms with Gasteiger partial charge in [0.1, 0.15) is 6.61 Å². The summed E-state index contributed by atoms with van der Waals surface area (Å²) in [5, 5.41) is 2.16. The number of cyclic esters (lactones) is 1. The van der Waals surface area contributed by atoms with E-state index in [1.807, 2.05) is 97.1 Å². The number of carbonyl (C=O) groups is 2. The number of carbonyl (C=O) groups excluding carboxylic acids is 2. The van der Waals surface area contributed by atoms with E-state index in [0.29, 0.717) is 12.0 Å². The summed E-state index contributed by atoms with van der Waals surface area (Å²) in [6.45, 7) is 0.109. The summed E-state index contributed by atoms with van der Waals surface area (Å²) in [7, 11) is 0. The van der Waals surface area contributed by atoms with Crippen molar-refractivity contribution in [2.75, 3.05) is 0 Å². The molecule has 0 amide bonds. The molecule has 0 unspecified atom stereocenters. The van der Waals surface area contributed by atoms with Crippen LogP contribution in [0, 0.1) is 0 Å². The van der Waals surface area contributed by atoms with Gasteiger partial charge in [-0.05, 0) is 40.5 Å². The van der Waals surface area contributed by atoms with E-state index in [-0.39, 0.29) is 18.1 Å². The van der Waals surface area contributed by atoms with Crippen molar-refractivity contribution in [1.82, 2.24) is 0 Å². The summed E-state index contributed by atoms with van der Waals surface area (Å²) in [4.78, 5) is 31.9. The second kappa shape index (κ2) is 8.93. The zero-order chi connectivity index (χ0) is 24.5. The Morgan fingerprint density at radius 1 is 0.889 bits per heavy atom. The Morgan fingerprint density at radius 2 is 1.58 bits per heavy atom. The van der Waals surface area contributed by atoms with Crippen LogP contribution in [0.3, 0.4) is 0 Å². The van der Waals surface area contributed by atoms with Crippen LogP contribution in [0.5, 0.6) is 0 Å². The van der Waals surface area contributed by atoms with Gasteiger partial charge in [-0.1, -0.05) is 97.1 Å². The highest BCUT2D eigenvalue weighted by atomic mass is 16.6. The third-order valence-electron chi connectivity index (χ3n) is 6.88. The number of ether oxygens (including phenoxy) is 2. The van der Waals surface area contributed by atoms with Gasteiger partial charge >= 0.3 is 11.9 Å². The molecule has 176 valence electrons. The summed E-state index contributed by atoms with van der Waals surface area (Å²) < 4.78 is 11.4. The molecular weight excluding hydrogens is 450 g/mol. The number of rotatable bonds is 5. The minimum absolute atomic E-state index is 0.109.